The number of hydrogen-bond acceptors (Lipinski definition) is 7. The molecule has 0 aliphatic rings. The molecule has 0 aliphatic carbocycles. The monoisotopic (exact) mass is 400 g/mol. The minimum absolute atomic E-state index is 0.0452. The Morgan fingerprint density at radius 3 is 1.92 bits per heavy atom. The van der Waals surface area contributed by atoms with E-state index in [2.05, 4.69) is 10.6 Å². The van der Waals surface area contributed by atoms with Crippen LogP contribution in [0.3, 0.4) is 0 Å². The number of hydrogen-bond donors (Lipinski definition) is 4. The van der Waals surface area contributed by atoms with E-state index in [1.165, 1.54) is 0 Å². The molecular weight excluding hydrogens is 368 g/mol. The van der Waals surface area contributed by atoms with Crippen molar-refractivity contribution in [3.63, 3.8) is 0 Å². The predicted octanol–water partition coefficient (Wildman–Crippen LogP) is -0.307. The summed E-state index contributed by atoms with van der Waals surface area (Å²) in [7, 11) is 1.23. The Balaban J connectivity index is 3.87. The van der Waals surface area contributed by atoms with Crippen LogP contribution in [-0.4, -0.2) is 86.1 Å². The molecule has 0 bridgehead atoms. The van der Waals surface area contributed by atoms with Gasteiger partial charge in [-0.05, 0) is 24.7 Å². The van der Waals surface area contributed by atoms with Gasteiger partial charge in [0.25, 0.3) is 0 Å². The van der Waals surface area contributed by atoms with E-state index in [0.717, 1.165) is 31.9 Å². The molecule has 0 atom stereocenters. The van der Waals surface area contributed by atoms with Crippen LogP contribution in [0.1, 0.15) is 19.3 Å². The van der Waals surface area contributed by atoms with Gasteiger partial charge in [0.05, 0.1) is 18.6 Å². The van der Waals surface area contributed by atoms with Crippen molar-refractivity contribution in [1.29, 1.82) is 0 Å². The van der Waals surface area contributed by atoms with Gasteiger partial charge in [-0.2, -0.15) is 0 Å². The second-order valence-electron chi connectivity index (χ2n) is 5.42. The lowest BCUT2D eigenvalue weighted by Crippen LogP contribution is -2.54. The van der Waals surface area contributed by atoms with Crippen LogP contribution in [0.5, 0.6) is 0 Å². The molecule has 0 spiro atoms. The van der Waals surface area contributed by atoms with Crippen LogP contribution in [0, 0.1) is 0 Å². The molecule has 0 aromatic carbocycles. The Kier molecular flexibility index (Phi) is 13.1. The number of aliphatic hydroxyl groups is 2. The van der Waals surface area contributed by atoms with Crippen molar-refractivity contribution >= 4 is 34.5 Å². The minimum Gasteiger partial charge on any atom is -0.415 e. The standard InChI is InChI=1S/C13H32N2O6SSi2/c1-18-23(11-16,12-17)9-7-5-6-8-14-13(22)15-10-24(19-2,20-3)21-4/h16-17H,5-12H2,1-4H3,(H2,14,15,22). The summed E-state index contributed by atoms with van der Waals surface area (Å²) in [6.45, 7) is 0.743. The van der Waals surface area contributed by atoms with Crippen LogP contribution in [0.4, 0.5) is 0 Å². The number of nitrogens with one attached hydrogen (secondary N) is 2. The molecule has 0 unspecified atom stereocenters. The summed E-state index contributed by atoms with van der Waals surface area (Å²) in [5.74, 6) is 0. The Morgan fingerprint density at radius 1 is 0.875 bits per heavy atom. The van der Waals surface area contributed by atoms with Crippen LogP contribution < -0.4 is 10.6 Å². The van der Waals surface area contributed by atoms with Crippen molar-refractivity contribution in [3.8, 4) is 0 Å². The van der Waals surface area contributed by atoms with Gasteiger partial charge in [-0.25, -0.2) is 0 Å². The average molecular weight is 401 g/mol. The topological polar surface area (TPSA) is 101 Å². The Labute approximate surface area is 152 Å². The first-order chi connectivity index (χ1) is 11.5. The number of rotatable bonds is 14. The maximum absolute atomic E-state index is 9.35. The third kappa shape index (κ3) is 8.31. The van der Waals surface area contributed by atoms with Gasteiger partial charge in [0.1, 0.15) is 0 Å². The fourth-order valence-corrected chi connectivity index (χ4v) is 5.51. The first-order valence-electron chi connectivity index (χ1n) is 7.91. The first kappa shape index (κ1) is 23.9. The van der Waals surface area contributed by atoms with Gasteiger partial charge in [-0.1, -0.05) is 12.8 Å². The molecule has 0 aromatic rings. The molecule has 24 heavy (non-hydrogen) atoms. The zero-order chi connectivity index (χ0) is 18.5. The molecule has 0 heterocycles. The highest BCUT2D eigenvalue weighted by Gasteiger charge is 2.38. The number of unbranched alkanes of at least 4 members (excludes halogenated alkanes) is 2. The highest BCUT2D eigenvalue weighted by molar-refractivity contribution is 7.80. The minimum atomic E-state index is -2.67. The Bertz CT molecular complexity index is 330. The second kappa shape index (κ2) is 13.1. The summed E-state index contributed by atoms with van der Waals surface area (Å²) in [5, 5.41) is 25.4. The van der Waals surface area contributed by atoms with Crippen molar-refractivity contribution in [2.24, 2.45) is 0 Å². The SMILES string of the molecule is CO[Si](CO)(CO)CCCCCNC(=S)NC[Si](OC)(OC)OC. The average Bonchev–Trinajstić information content (AvgIpc) is 2.63. The summed E-state index contributed by atoms with van der Waals surface area (Å²) in [6.07, 6.45) is 3.13. The van der Waals surface area contributed by atoms with Crippen molar-refractivity contribution in [1.82, 2.24) is 10.6 Å². The highest BCUT2D eigenvalue weighted by Crippen LogP contribution is 2.14. The van der Waals surface area contributed by atoms with Crippen LogP contribution in [0.2, 0.25) is 6.04 Å². The maximum Gasteiger partial charge on any atom is 0.520 e. The lowest BCUT2D eigenvalue weighted by Gasteiger charge is -2.25. The molecule has 0 amide bonds. The van der Waals surface area contributed by atoms with Gasteiger partial charge < -0.3 is 38.6 Å². The van der Waals surface area contributed by atoms with Gasteiger partial charge in [0.15, 0.2) is 5.11 Å². The molecule has 8 nitrogen and oxygen atoms in total. The van der Waals surface area contributed by atoms with E-state index in [1.54, 1.807) is 28.4 Å². The third-order valence-electron chi connectivity index (χ3n) is 4.00. The van der Waals surface area contributed by atoms with E-state index in [9.17, 15) is 10.2 Å². The quantitative estimate of drug-likeness (QED) is 0.178. The first-order valence-corrected chi connectivity index (χ1v) is 12.8. The third-order valence-corrected chi connectivity index (χ3v) is 10.1. The zero-order valence-electron chi connectivity index (χ0n) is 15.1. The Morgan fingerprint density at radius 2 is 1.46 bits per heavy atom. The summed E-state index contributed by atoms with van der Waals surface area (Å²) < 4.78 is 21.2. The van der Waals surface area contributed by atoms with Gasteiger partial charge in [0, 0.05) is 35.0 Å². The summed E-state index contributed by atoms with van der Waals surface area (Å²) in [6, 6.07) is 0.753. The molecule has 0 aromatic heterocycles. The molecule has 144 valence electrons. The lowest BCUT2D eigenvalue weighted by molar-refractivity contribution is 0.124. The van der Waals surface area contributed by atoms with Gasteiger partial charge in [-0.15, -0.1) is 0 Å². The van der Waals surface area contributed by atoms with Crippen molar-refractivity contribution < 1.29 is 27.9 Å². The normalized spacial score (nSPS) is 12.2. The summed E-state index contributed by atoms with van der Waals surface area (Å²) >= 11 is 5.21. The van der Waals surface area contributed by atoms with E-state index < -0.39 is 17.1 Å². The number of thiocarbonyl (C=S) groups is 1. The van der Waals surface area contributed by atoms with E-state index >= 15 is 0 Å². The van der Waals surface area contributed by atoms with Gasteiger partial charge in [0.2, 0.25) is 8.32 Å². The van der Waals surface area contributed by atoms with E-state index in [1.807, 2.05) is 0 Å². The molecule has 0 radical (unpaired) electrons. The van der Waals surface area contributed by atoms with Crippen molar-refractivity contribution in [2.45, 2.75) is 25.3 Å². The van der Waals surface area contributed by atoms with Crippen molar-refractivity contribution in [2.75, 3.05) is 53.6 Å². The number of aliphatic hydroxyl groups excluding tert-OH is 2. The smallest absolute Gasteiger partial charge is 0.415 e. The fourth-order valence-electron chi connectivity index (χ4n) is 2.11. The molecule has 11 heteroatoms. The molecule has 4 N–H and O–H groups in total. The maximum atomic E-state index is 9.35. The van der Waals surface area contributed by atoms with Crippen LogP contribution in [-0.2, 0) is 17.7 Å². The van der Waals surface area contributed by atoms with Crippen LogP contribution in [0.15, 0.2) is 0 Å². The molecule has 0 saturated carbocycles. The molecule has 0 fully saturated rings. The largest absolute Gasteiger partial charge is 0.520 e. The van der Waals surface area contributed by atoms with Gasteiger partial charge in [-0.3, -0.25) is 0 Å². The predicted molar refractivity (Wildman–Crippen MR) is 101 cm³/mol. The zero-order valence-corrected chi connectivity index (χ0v) is 17.9. The van der Waals surface area contributed by atoms with E-state index in [4.69, 9.17) is 29.9 Å². The van der Waals surface area contributed by atoms with Crippen LogP contribution >= 0.6 is 12.2 Å². The molecular formula is C13H32N2O6SSi2. The molecule has 0 saturated heterocycles. The lowest BCUT2D eigenvalue weighted by atomic mass is 10.2. The van der Waals surface area contributed by atoms with Crippen LogP contribution in [0.25, 0.3) is 0 Å². The van der Waals surface area contributed by atoms with E-state index in [0.29, 0.717) is 11.3 Å². The molecule has 0 aliphatic heterocycles. The summed E-state index contributed by atoms with van der Waals surface area (Å²) in [5.41, 5.74) is 0. The van der Waals surface area contributed by atoms with E-state index in [-0.39, 0.29) is 12.5 Å². The van der Waals surface area contributed by atoms with Gasteiger partial charge >= 0.3 is 8.80 Å². The highest BCUT2D eigenvalue weighted by atomic mass is 32.1. The fraction of sp³-hybridized carbons (Fsp3) is 0.923. The second-order valence-corrected chi connectivity index (χ2v) is 12.7. The molecule has 0 rings (SSSR count). The Hall–Kier alpha value is -0.116. The summed E-state index contributed by atoms with van der Waals surface area (Å²) in [4.78, 5) is 0. The van der Waals surface area contributed by atoms with Crippen molar-refractivity contribution in [3.05, 3.63) is 0 Å².